The van der Waals surface area contributed by atoms with Gasteiger partial charge in [0, 0.05) is 0 Å². The van der Waals surface area contributed by atoms with E-state index in [-0.39, 0.29) is 5.41 Å². The summed E-state index contributed by atoms with van der Waals surface area (Å²) in [6.45, 7) is 4.81. The van der Waals surface area contributed by atoms with Gasteiger partial charge in [0.1, 0.15) is 0 Å². The smallest absolute Gasteiger partial charge is 0.0931 e. The molecule has 0 atom stereocenters. The highest BCUT2D eigenvalue weighted by atomic mass is 16.5. The molecular formula is C13H16N2O2. The Morgan fingerprint density at radius 3 is 2.76 bits per heavy atom. The summed E-state index contributed by atoms with van der Waals surface area (Å²) < 4.78 is 5.33. The number of H-pyrrole nitrogens is 1. The lowest BCUT2D eigenvalue weighted by Crippen LogP contribution is -2.60. The lowest BCUT2D eigenvalue weighted by Gasteiger charge is -2.50. The van der Waals surface area contributed by atoms with Crippen LogP contribution in [0.25, 0.3) is 11.0 Å². The fraction of sp³-hybridized carbons (Fsp3) is 0.462. The predicted octanol–water partition coefficient (Wildman–Crippen LogP) is 1.60. The van der Waals surface area contributed by atoms with Crippen LogP contribution in [0.4, 0.5) is 0 Å². The molecule has 0 bridgehead atoms. The molecule has 0 amide bonds. The second-order valence-corrected chi connectivity index (χ2v) is 5.27. The quantitative estimate of drug-likeness (QED) is 0.827. The van der Waals surface area contributed by atoms with Crippen LogP contribution in [-0.2, 0) is 10.2 Å². The van der Waals surface area contributed by atoms with Crippen molar-refractivity contribution in [3.05, 3.63) is 30.1 Å². The van der Waals surface area contributed by atoms with Gasteiger partial charge in [0.2, 0.25) is 0 Å². The third kappa shape index (κ3) is 1.41. The first-order valence-corrected chi connectivity index (χ1v) is 5.77. The van der Waals surface area contributed by atoms with Crippen molar-refractivity contribution in [3.8, 4) is 0 Å². The summed E-state index contributed by atoms with van der Waals surface area (Å²) in [7, 11) is 0. The van der Waals surface area contributed by atoms with Crippen molar-refractivity contribution in [3.63, 3.8) is 0 Å². The van der Waals surface area contributed by atoms with Crippen LogP contribution in [0.15, 0.2) is 24.5 Å². The standard InChI is InChI=1S/C13H16N2O2/c1-12(2,16)13(6-17-7-13)9-3-4-10-11(5-9)15-8-14-10/h3-5,8,16H,6-7H2,1-2H3,(H,14,15). The van der Waals surface area contributed by atoms with Gasteiger partial charge in [0.25, 0.3) is 0 Å². The maximum absolute atomic E-state index is 10.4. The molecule has 2 heterocycles. The summed E-state index contributed by atoms with van der Waals surface area (Å²) in [6, 6.07) is 6.07. The van der Waals surface area contributed by atoms with Crippen LogP contribution in [-0.4, -0.2) is 33.9 Å². The molecule has 1 aromatic carbocycles. The Balaban J connectivity index is 2.13. The first-order valence-electron chi connectivity index (χ1n) is 5.77. The number of nitrogens with one attached hydrogen (secondary N) is 1. The normalized spacial score (nSPS) is 19.2. The third-order valence-corrected chi connectivity index (χ3v) is 3.84. The van der Waals surface area contributed by atoms with Gasteiger partial charge in [-0.05, 0) is 31.5 Å². The first-order chi connectivity index (χ1) is 8.03. The number of aromatic nitrogens is 2. The maximum atomic E-state index is 10.4. The minimum absolute atomic E-state index is 0.299. The Hall–Kier alpha value is -1.39. The Morgan fingerprint density at radius 1 is 1.41 bits per heavy atom. The van der Waals surface area contributed by atoms with Crippen LogP contribution in [0.2, 0.25) is 0 Å². The van der Waals surface area contributed by atoms with Gasteiger partial charge in [0.15, 0.2) is 0 Å². The van der Waals surface area contributed by atoms with Crippen LogP contribution in [0.3, 0.4) is 0 Å². The Labute approximate surface area is 99.6 Å². The molecule has 90 valence electrons. The zero-order chi connectivity index (χ0) is 12.1. The van der Waals surface area contributed by atoms with Gasteiger partial charge in [-0.2, -0.15) is 0 Å². The molecule has 17 heavy (non-hydrogen) atoms. The van der Waals surface area contributed by atoms with E-state index in [0.717, 1.165) is 16.6 Å². The van der Waals surface area contributed by atoms with Crippen molar-refractivity contribution in [2.45, 2.75) is 24.9 Å². The van der Waals surface area contributed by atoms with E-state index < -0.39 is 5.60 Å². The van der Waals surface area contributed by atoms with E-state index in [2.05, 4.69) is 16.0 Å². The molecule has 2 N–H and O–H groups in total. The lowest BCUT2D eigenvalue weighted by molar-refractivity contribution is -0.157. The number of hydrogen-bond acceptors (Lipinski definition) is 3. The summed E-state index contributed by atoms with van der Waals surface area (Å²) >= 11 is 0. The summed E-state index contributed by atoms with van der Waals surface area (Å²) in [6.07, 6.45) is 1.68. The molecule has 0 saturated carbocycles. The van der Waals surface area contributed by atoms with Crippen LogP contribution < -0.4 is 0 Å². The SMILES string of the molecule is CC(C)(O)C1(c2ccc3nc[nH]c3c2)COC1. The highest BCUT2D eigenvalue weighted by molar-refractivity contribution is 5.75. The van der Waals surface area contributed by atoms with E-state index >= 15 is 0 Å². The van der Waals surface area contributed by atoms with Crippen LogP contribution >= 0.6 is 0 Å². The van der Waals surface area contributed by atoms with E-state index in [4.69, 9.17) is 4.74 Å². The minimum atomic E-state index is -0.793. The first kappa shape index (κ1) is 10.7. The second-order valence-electron chi connectivity index (χ2n) is 5.27. The Bertz CT molecular complexity index is 550. The van der Waals surface area contributed by atoms with Crippen molar-refractivity contribution >= 4 is 11.0 Å². The average Bonchev–Trinajstić information content (AvgIpc) is 2.60. The van der Waals surface area contributed by atoms with Crippen molar-refractivity contribution < 1.29 is 9.84 Å². The highest BCUT2D eigenvalue weighted by Gasteiger charge is 2.51. The maximum Gasteiger partial charge on any atom is 0.0931 e. The van der Waals surface area contributed by atoms with Crippen LogP contribution in [0.1, 0.15) is 19.4 Å². The summed E-state index contributed by atoms with van der Waals surface area (Å²) in [4.78, 5) is 7.30. The number of fused-ring (bicyclic) bond motifs is 1. The average molecular weight is 232 g/mol. The lowest BCUT2D eigenvalue weighted by atomic mass is 9.67. The fourth-order valence-electron chi connectivity index (χ4n) is 2.41. The number of aliphatic hydroxyl groups is 1. The van der Waals surface area contributed by atoms with Gasteiger partial charge in [0.05, 0.1) is 41.6 Å². The molecule has 1 aliphatic rings. The van der Waals surface area contributed by atoms with Crippen molar-refractivity contribution in [2.24, 2.45) is 0 Å². The van der Waals surface area contributed by atoms with Crippen molar-refractivity contribution in [1.29, 1.82) is 0 Å². The van der Waals surface area contributed by atoms with Crippen molar-refractivity contribution in [1.82, 2.24) is 9.97 Å². The minimum Gasteiger partial charge on any atom is -0.389 e. The molecule has 4 nitrogen and oxygen atoms in total. The molecule has 0 unspecified atom stereocenters. The number of ether oxygens (including phenoxy) is 1. The van der Waals surface area contributed by atoms with E-state index in [1.165, 1.54) is 0 Å². The molecule has 4 heteroatoms. The topological polar surface area (TPSA) is 58.1 Å². The van der Waals surface area contributed by atoms with E-state index in [1.807, 2.05) is 26.0 Å². The highest BCUT2D eigenvalue weighted by Crippen LogP contribution is 2.42. The van der Waals surface area contributed by atoms with Gasteiger partial charge in [-0.25, -0.2) is 4.98 Å². The van der Waals surface area contributed by atoms with Crippen molar-refractivity contribution in [2.75, 3.05) is 13.2 Å². The number of imidazole rings is 1. The molecule has 1 saturated heterocycles. The molecule has 0 radical (unpaired) electrons. The molecule has 2 aromatic rings. The number of aromatic amines is 1. The summed E-state index contributed by atoms with van der Waals surface area (Å²) in [5, 5.41) is 10.4. The van der Waals surface area contributed by atoms with Gasteiger partial charge in [-0.15, -0.1) is 0 Å². The molecule has 0 spiro atoms. The van der Waals surface area contributed by atoms with Crippen LogP contribution in [0.5, 0.6) is 0 Å². The Morgan fingerprint density at radius 2 is 2.18 bits per heavy atom. The second kappa shape index (κ2) is 3.31. The summed E-state index contributed by atoms with van der Waals surface area (Å²) in [5.74, 6) is 0. The van der Waals surface area contributed by atoms with Crippen LogP contribution in [0, 0.1) is 0 Å². The van der Waals surface area contributed by atoms with Gasteiger partial charge in [-0.3, -0.25) is 0 Å². The van der Waals surface area contributed by atoms with Gasteiger partial charge < -0.3 is 14.8 Å². The number of nitrogens with zero attached hydrogens (tertiary/aromatic N) is 1. The molecule has 0 aliphatic carbocycles. The Kier molecular flexibility index (Phi) is 2.09. The molecule has 1 fully saturated rings. The largest absolute Gasteiger partial charge is 0.389 e. The molecule has 1 aromatic heterocycles. The van der Waals surface area contributed by atoms with E-state index in [1.54, 1.807) is 6.33 Å². The zero-order valence-corrected chi connectivity index (χ0v) is 10.0. The molecule has 3 rings (SSSR count). The number of hydrogen-bond donors (Lipinski definition) is 2. The van der Waals surface area contributed by atoms with Gasteiger partial charge in [-0.1, -0.05) is 6.07 Å². The fourth-order valence-corrected chi connectivity index (χ4v) is 2.41. The monoisotopic (exact) mass is 232 g/mol. The summed E-state index contributed by atoms with van der Waals surface area (Å²) in [5.41, 5.74) is 1.96. The molecular weight excluding hydrogens is 216 g/mol. The predicted molar refractivity (Wildman–Crippen MR) is 64.9 cm³/mol. The van der Waals surface area contributed by atoms with Gasteiger partial charge >= 0.3 is 0 Å². The van der Waals surface area contributed by atoms with E-state index in [0.29, 0.717) is 13.2 Å². The van der Waals surface area contributed by atoms with E-state index in [9.17, 15) is 5.11 Å². The third-order valence-electron chi connectivity index (χ3n) is 3.84. The number of benzene rings is 1. The molecule has 1 aliphatic heterocycles. The zero-order valence-electron chi connectivity index (χ0n) is 10.0. The number of rotatable bonds is 2.